The van der Waals surface area contributed by atoms with Gasteiger partial charge < -0.3 is 9.47 Å². The third-order valence-electron chi connectivity index (χ3n) is 7.31. The van der Waals surface area contributed by atoms with E-state index in [4.69, 9.17) is 9.47 Å². The van der Waals surface area contributed by atoms with Gasteiger partial charge in [0.25, 0.3) is 15.9 Å². The molecular formula is C30H33N3O6S. The smallest absolute Gasteiger partial charge is 0.413 e. The van der Waals surface area contributed by atoms with E-state index in [1.165, 1.54) is 24.6 Å². The molecule has 0 spiro atoms. The molecule has 0 bridgehead atoms. The highest BCUT2D eigenvalue weighted by atomic mass is 32.2. The van der Waals surface area contributed by atoms with Gasteiger partial charge >= 0.3 is 6.09 Å². The average molecular weight is 564 g/mol. The topological polar surface area (TPSA) is 124 Å². The van der Waals surface area contributed by atoms with Crippen molar-refractivity contribution in [2.24, 2.45) is 0 Å². The summed E-state index contributed by atoms with van der Waals surface area (Å²) < 4.78 is 39.8. The van der Waals surface area contributed by atoms with Gasteiger partial charge in [0.15, 0.2) is 10.6 Å². The van der Waals surface area contributed by atoms with Crippen LogP contribution < -0.4 is 14.8 Å². The van der Waals surface area contributed by atoms with Crippen LogP contribution in [0.15, 0.2) is 71.8 Å². The number of carbonyl (C=O) groups excluding carboxylic acids is 2. The lowest BCUT2D eigenvalue weighted by atomic mass is 9.83. The van der Waals surface area contributed by atoms with Gasteiger partial charge in [-0.3, -0.25) is 10.1 Å². The lowest BCUT2D eigenvalue weighted by Gasteiger charge is -2.26. The van der Waals surface area contributed by atoms with Gasteiger partial charge in [-0.2, -0.15) is 8.42 Å². The fourth-order valence-corrected chi connectivity index (χ4v) is 5.96. The number of nitrogens with zero attached hydrogens (tertiary/aromatic N) is 1. The predicted octanol–water partition coefficient (Wildman–Crippen LogP) is 5.60. The molecule has 0 unspecified atom stereocenters. The highest BCUT2D eigenvalue weighted by molar-refractivity contribution is 7.90. The second-order valence-electron chi connectivity index (χ2n) is 10.5. The van der Waals surface area contributed by atoms with Gasteiger partial charge in [-0.25, -0.2) is 14.5 Å². The molecule has 1 heterocycles. The van der Waals surface area contributed by atoms with Crippen LogP contribution in [0.1, 0.15) is 67.6 Å². The van der Waals surface area contributed by atoms with Crippen LogP contribution in [-0.4, -0.2) is 31.0 Å². The van der Waals surface area contributed by atoms with Crippen molar-refractivity contribution in [3.8, 4) is 5.75 Å². The summed E-state index contributed by atoms with van der Waals surface area (Å²) in [7, 11) is -4.33. The van der Waals surface area contributed by atoms with Crippen molar-refractivity contribution in [1.82, 2.24) is 9.71 Å². The molecule has 2 aliphatic rings. The zero-order chi connectivity index (χ0) is 28.2. The van der Waals surface area contributed by atoms with Crippen molar-refractivity contribution in [2.75, 3.05) is 5.32 Å². The first-order chi connectivity index (χ1) is 19.2. The second kappa shape index (κ2) is 11.7. The number of amides is 2. The Bertz CT molecular complexity index is 1480. The molecule has 2 aromatic carbocycles. The van der Waals surface area contributed by atoms with Crippen molar-refractivity contribution in [3.05, 3.63) is 83.4 Å². The predicted molar refractivity (Wildman–Crippen MR) is 149 cm³/mol. The minimum Gasteiger partial charge on any atom is -0.477 e. The first kappa shape index (κ1) is 27.6. The molecule has 2 N–H and O–H groups in total. The summed E-state index contributed by atoms with van der Waals surface area (Å²) in [6, 6.07) is 19.3. The molecule has 0 aliphatic heterocycles. The largest absolute Gasteiger partial charge is 0.477 e. The quantitative estimate of drug-likeness (QED) is 0.347. The zero-order valence-corrected chi connectivity index (χ0v) is 23.2. The molecule has 3 aromatic rings. The van der Waals surface area contributed by atoms with Gasteiger partial charge in [-0.05, 0) is 60.6 Å². The lowest BCUT2D eigenvalue weighted by Crippen LogP contribution is -2.43. The molecule has 2 saturated carbocycles. The minimum absolute atomic E-state index is 0.0253. The molecule has 2 fully saturated rings. The molecule has 10 heteroatoms. The summed E-state index contributed by atoms with van der Waals surface area (Å²) in [6.45, 7) is 2.01. The summed E-state index contributed by atoms with van der Waals surface area (Å²) >= 11 is 0. The maximum absolute atomic E-state index is 13.2. The van der Waals surface area contributed by atoms with Crippen molar-refractivity contribution >= 4 is 27.8 Å². The van der Waals surface area contributed by atoms with E-state index in [-0.39, 0.29) is 12.4 Å². The number of nitrogens with one attached hydrogen (secondary N) is 2. The number of aromatic nitrogens is 1. The second-order valence-corrected chi connectivity index (χ2v) is 12.1. The molecule has 0 radical (unpaired) electrons. The Morgan fingerprint density at radius 3 is 2.45 bits per heavy atom. The molecule has 40 heavy (non-hydrogen) atoms. The molecule has 2 amide bonds. The summed E-state index contributed by atoms with van der Waals surface area (Å²) in [5.74, 6) is 0.259. The number of pyridine rings is 1. The fourth-order valence-electron chi connectivity index (χ4n) is 4.95. The Morgan fingerprint density at radius 2 is 1.73 bits per heavy atom. The van der Waals surface area contributed by atoms with Gasteiger partial charge in [0, 0.05) is 12.8 Å². The molecule has 5 rings (SSSR count). The van der Waals surface area contributed by atoms with Crippen LogP contribution in [0.3, 0.4) is 0 Å². The number of aryl methyl sites for hydroxylation is 1. The number of rotatable bonds is 9. The number of hydrogen-bond acceptors (Lipinski definition) is 7. The molecule has 9 nitrogen and oxygen atoms in total. The van der Waals surface area contributed by atoms with Gasteiger partial charge in [0.2, 0.25) is 0 Å². The summed E-state index contributed by atoms with van der Waals surface area (Å²) in [6.07, 6.45) is 5.73. The van der Waals surface area contributed by atoms with E-state index in [2.05, 4.69) is 21.1 Å². The third kappa shape index (κ3) is 6.62. The summed E-state index contributed by atoms with van der Waals surface area (Å²) in [5.41, 5.74) is 1.64. The van der Waals surface area contributed by atoms with Gasteiger partial charge in [-0.1, -0.05) is 67.8 Å². The van der Waals surface area contributed by atoms with Crippen LogP contribution >= 0.6 is 0 Å². The van der Waals surface area contributed by atoms with E-state index in [1.54, 1.807) is 0 Å². The van der Waals surface area contributed by atoms with Gasteiger partial charge in [0.05, 0.1) is 0 Å². The Hall–Kier alpha value is -3.92. The van der Waals surface area contributed by atoms with E-state index >= 15 is 0 Å². The molecule has 0 saturated heterocycles. The Labute approximate surface area is 234 Å². The Morgan fingerprint density at radius 1 is 0.975 bits per heavy atom. The Balaban J connectivity index is 1.25. The molecular weight excluding hydrogens is 530 g/mol. The standard InChI is InChI=1S/C30H33N3O6S/c1-21-15-16-24(23-11-6-3-7-12-23)25(19-21)39-30(17-18-30)28(34)33-40(36,37)27-14-8-13-26(31-27)32-29(35)38-20-22-9-4-2-5-10-22/h2,4-5,8-10,13-16,19,23H,3,6-7,11-12,17-18,20H2,1H3,(H,33,34)(H,31,32,35). The maximum atomic E-state index is 13.2. The summed E-state index contributed by atoms with van der Waals surface area (Å²) in [5, 5.41) is 2.02. The number of carbonyl (C=O) groups is 2. The molecule has 210 valence electrons. The average Bonchev–Trinajstić information content (AvgIpc) is 3.74. The Kier molecular flexibility index (Phi) is 8.07. The highest BCUT2D eigenvalue weighted by Gasteiger charge is 2.54. The zero-order valence-electron chi connectivity index (χ0n) is 22.4. The third-order valence-corrected chi connectivity index (χ3v) is 8.54. The first-order valence-corrected chi connectivity index (χ1v) is 15.0. The number of hydrogen-bond donors (Lipinski definition) is 2. The van der Waals surface area contributed by atoms with Crippen LogP contribution in [0.2, 0.25) is 0 Å². The van der Waals surface area contributed by atoms with E-state index in [0.29, 0.717) is 24.5 Å². The van der Waals surface area contributed by atoms with E-state index < -0.39 is 32.7 Å². The number of ether oxygens (including phenoxy) is 2. The summed E-state index contributed by atoms with van der Waals surface area (Å²) in [4.78, 5) is 29.4. The molecule has 2 aliphatic carbocycles. The first-order valence-electron chi connectivity index (χ1n) is 13.6. The number of anilines is 1. The van der Waals surface area contributed by atoms with Gasteiger partial charge in [0.1, 0.15) is 18.2 Å². The van der Waals surface area contributed by atoms with Crippen LogP contribution in [0.4, 0.5) is 10.6 Å². The van der Waals surface area contributed by atoms with Crippen LogP contribution in [-0.2, 0) is 26.2 Å². The van der Waals surface area contributed by atoms with Crippen molar-refractivity contribution in [1.29, 1.82) is 0 Å². The van der Waals surface area contributed by atoms with Crippen LogP contribution in [0.25, 0.3) is 0 Å². The molecule has 0 atom stereocenters. The monoisotopic (exact) mass is 563 g/mol. The van der Waals surface area contributed by atoms with Crippen LogP contribution in [0.5, 0.6) is 5.75 Å². The SMILES string of the molecule is Cc1ccc(C2CCCCC2)c(OC2(C(=O)NS(=O)(=O)c3cccc(NC(=O)OCc4ccccc4)n3)CC2)c1. The lowest BCUT2D eigenvalue weighted by molar-refractivity contribution is -0.128. The van der Waals surface area contributed by atoms with Crippen LogP contribution in [0, 0.1) is 6.92 Å². The van der Waals surface area contributed by atoms with E-state index in [1.807, 2.05) is 49.4 Å². The van der Waals surface area contributed by atoms with Gasteiger partial charge in [-0.15, -0.1) is 0 Å². The fraction of sp³-hybridized carbons (Fsp3) is 0.367. The minimum atomic E-state index is -4.33. The number of benzene rings is 2. The van der Waals surface area contributed by atoms with Crippen molar-refractivity contribution in [2.45, 2.75) is 75.0 Å². The van der Waals surface area contributed by atoms with Crippen molar-refractivity contribution in [3.63, 3.8) is 0 Å². The number of sulfonamides is 1. The normalized spacial score (nSPS) is 16.5. The highest BCUT2D eigenvalue weighted by Crippen LogP contribution is 2.45. The van der Waals surface area contributed by atoms with Crippen molar-refractivity contribution < 1.29 is 27.5 Å². The molecule has 1 aromatic heterocycles. The van der Waals surface area contributed by atoms with E-state index in [0.717, 1.165) is 42.4 Å². The maximum Gasteiger partial charge on any atom is 0.413 e. The van der Waals surface area contributed by atoms with E-state index in [9.17, 15) is 18.0 Å².